The zero-order valence-electron chi connectivity index (χ0n) is 19.0. The van der Waals surface area contributed by atoms with E-state index in [1.807, 2.05) is 38.1 Å². The van der Waals surface area contributed by atoms with Crippen molar-refractivity contribution in [3.8, 4) is 17.2 Å². The standard InChI is InChI=1S/C24H26N2O6S/c1-5-26-23(28)21(33-24(26)25-17-8-10-18(29-3)11-9-17)14-16-7-12-19(20(13-16)31-6-2)32-15-22(27)30-4/h7-14H,5-6,15H2,1-4H3/b21-14-,25-24?. The SMILES string of the molecule is CCOc1cc(/C=C2\SC(=Nc3ccc(OC)cc3)N(CC)C2=O)ccc1OCC(=O)OC. The van der Waals surface area contributed by atoms with Gasteiger partial charge >= 0.3 is 5.97 Å². The van der Waals surface area contributed by atoms with Gasteiger partial charge in [0.1, 0.15) is 5.75 Å². The molecule has 1 aliphatic heterocycles. The fourth-order valence-electron chi connectivity index (χ4n) is 2.99. The minimum Gasteiger partial charge on any atom is -0.497 e. The van der Waals surface area contributed by atoms with Gasteiger partial charge in [0.25, 0.3) is 5.91 Å². The second kappa shape index (κ2) is 11.4. The zero-order valence-corrected chi connectivity index (χ0v) is 19.8. The first kappa shape index (κ1) is 24.2. The number of amidine groups is 1. The summed E-state index contributed by atoms with van der Waals surface area (Å²) in [5.41, 5.74) is 1.50. The molecular formula is C24H26N2O6S. The van der Waals surface area contributed by atoms with Crippen LogP contribution in [0.25, 0.3) is 6.08 Å². The van der Waals surface area contributed by atoms with Crippen LogP contribution in [0.1, 0.15) is 19.4 Å². The molecule has 0 aliphatic carbocycles. The topological polar surface area (TPSA) is 86.7 Å². The lowest BCUT2D eigenvalue weighted by Gasteiger charge is -2.12. The van der Waals surface area contributed by atoms with E-state index in [9.17, 15) is 9.59 Å². The Labute approximate surface area is 197 Å². The van der Waals surface area contributed by atoms with Crippen molar-refractivity contribution >= 4 is 40.6 Å². The van der Waals surface area contributed by atoms with Crippen LogP contribution in [-0.4, -0.2) is 55.9 Å². The van der Waals surface area contributed by atoms with Crippen molar-refractivity contribution in [2.45, 2.75) is 13.8 Å². The lowest BCUT2D eigenvalue weighted by atomic mass is 10.2. The fourth-order valence-corrected chi connectivity index (χ4v) is 4.05. The van der Waals surface area contributed by atoms with Crippen LogP contribution in [0.2, 0.25) is 0 Å². The van der Waals surface area contributed by atoms with Gasteiger partial charge in [-0.05, 0) is 73.6 Å². The van der Waals surface area contributed by atoms with Crippen LogP contribution >= 0.6 is 11.8 Å². The number of benzene rings is 2. The summed E-state index contributed by atoms with van der Waals surface area (Å²) in [6, 6.07) is 12.6. The summed E-state index contributed by atoms with van der Waals surface area (Å²) in [6.45, 7) is 4.47. The molecule has 0 unspecified atom stereocenters. The van der Waals surface area contributed by atoms with Crippen LogP contribution in [0.3, 0.4) is 0 Å². The van der Waals surface area contributed by atoms with Crippen molar-refractivity contribution in [2.24, 2.45) is 4.99 Å². The van der Waals surface area contributed by atoms with E-state index >= 15 is 0 Å². The molecule has 1 amide bonds. The molecule has 3 rings (SSSR count). The Bertz CT molecular complexity index is 1070. The predicted molar refractivity (Wildman–Crippen MR) is 128 cm³/mol. The van der Waals surface area contributed by atoms with Gasteiger partial charge in [0.15, 0.2) is 23.3 Å². The number of hydrogen-bond donors (Lipinski definition) is 0. The number of likely N-dealkylation sites (N-methyl/N-ethyl adjacent to an activating group) is 1. The molecule has 0 bridgehead atoms. The molecule has 1 heterocycles. The van der Waals surface area contributed by atoms with Crippen LogP contribution in [0.5, 0.6) is 17.2 Å². The van der Waals surface area contributed by atoms with E-state index in [4.69, 9.17) is 14.2 Å². The van der Waals surface area contributed by atoms with Crippen molar-refractivity contribution in [1.82, 2.24) is 4.90 Å². The lowest BCUT2D eigenvalue weighted by Crippen LogP contribution is -2.28. The summed E-state index contributed by atoms with van der Waals surface area (Å²) < 4.78 is 20.9. The Kier molecular flexibility index (Phi) is 8.37. The zero-order chi connectivity index (χ0) is 23.8. The molecule has 1 fully saturated rings. The van der Waals surface area contributed by atoms with Gasteiger partial charge in [-0.1, -0.05) is 6.07 Å². The molecule has 33 heavy (non-hydrogen) atoms. The molecule has 1 saturated heterocycles. The number of aliphatic imine (C=N–C) groups is 1. The summed E-state index contributed by atoms with van der Waals surface area (Å²) in [5.74, 6) is 1.04. The molecule has 9 heteroatoms. The van der Waals surface area contributed by atoms with Crippen LogP contribution in [0.4, 0.5) is 5.69 Å². The molecule has 2 aromatic carbocycles. The highest BCUT2D eigenvalue weighted by atomic mass is 32.2. The molecule has 174 valence electrons. The summed E-state index contributed by atoms with van der Waals surface area (Å²) in [7, 11) is 2.91. The molecule has 0 radical (unpaired) electrons. The number of hydrogen-bond acceptors (Lipinski definition) is 8. The molecule has 0 aromatic heterocycles. The van der Waals surface area contributed by atoms with E-state index in [0.29, 0.717) is 34.7 Å². The average Bonchev–Trinajstić information content (AvgIpc) is 3.12. The highest BCUT2D eigenvalue weighted by Crippen LogP contribution is 2.36. The molecule has 0 atom stereocenters. The third-order valence-corrected chi connectivity index (χ3v) is 5.65. The van der Waals surface area contributed by atoms with Crippen molar-refractivity contribution in [3.05, 3.63) is 52.9 Å². The van der Waals surface area contributed by atoms with Gasteiger partial charge in [-0.25, -0.2) is 9.79 Å². The number of rotatable bonds is 9. The quantitative estimate of drug-likeness (QED) is 0.400. The Morgan fingerprint density at radius 2 is 1.82 bits per heavy atom. The van der Waals surface area contributed by atoms with E-state index in [1.165, 1.54) is 18.9 Å². The second-order valence-electron chi connectivity index (χ2n) is 6.76. The van der Waals surface area contributed by atoms with Gasteiger partial charge in [0.05, 0.1) is 31.4 Å². The number of amides is 1. The Hall–Kier alpha value is -3.46. The number of carbonyl (C=O) groups is 2. The van der Waals surface area contributed by atoms with Gasteiger partial charge in [-0.15, -0.1) is 0 Å². The van der Waals surface area contributed by atoms with Crippen molar-refractivity contribution in [2.75, 3.05) is 34.0 Å². The van der Waals surface area contributed by atoms with Gasteiger partial charge in [-0.2, -0.15) is 0 Å². The highest BCUT2D eigenvalue weighted by Gasteiger charge is 2.32. The minimum atomic E-state index is -0.486. The Morgan fingerprint density at radius 3 is 2.45 bits per heavy atom. The Balaban J connectivity index is 1.85. The first-order valence-electron chi connectivity index (χ1n) is 10.4. The van der Waals surface area contributed by atoms with Gasteiger partial charge in [0, 0.05) is 6.54 Å². The predicted octanol–water partition coefficient (Wildman–Crippen LogP) is 4.27. The second-order valence-corrected chi connectivity index (χ2v) is 7.77. The Morgan fingerprint density at radius 1 is 1.06 bits per heavy atom. The summed E-state index contributed by atoms with van der Waals surface area (Å²) in [6.07, 6.45) is 1.79. The number of ether oxygens (including phenoxy) is 4. The fraction of sp³-hybridized carbons (Fsp3) is 0.292. The van der Waals surface area contributed by atoms with Crippen molar-refractivity contribution in [1.29, 1.82) is 0 Å². The van der Waals surface area contributed by atoms with E-state index in [1.54, 1.807) is 36.3 Å². The van der Waals surface area contributed by atoms with Crippen LogP contribution in [0, 0.1) is 0 Å². The van der Waals surface area contributed by atoms with Gasteiger partial charge in [-0.3, -0.25) is 9.69 Å². The highest BCUT2D eigenvalue weighted by molar-refractivity contribution is 8.18. The van der Waals surface area contributed by atoms with Crippen molar-refractivity contribution in [3.63, 3.8) is 0 Å². The van der Waals surface area contributed by atoms with Crippen LogP contribution in [-0.2, 0) is 14.3 Å². The van der Waals surface area contributed by atoms with E-state index in [-0.39, 0.29) is 12.5 Å². The van der Waals surface area contributed by atoms with E-state index in [2.05, 4.69) is 9.73 Å². The van der Waals surface area contributed by atoms with Crippen LogP contribution < -0.4 is 14.2 Å². The first-order chi connectivity index (χ1) is 16.0. The molecule has 0 saturated carbocycles. The minimum absolute atomic E-state index is 0.112. The smallest absolute Gasteiger partial charge is 0.343 e. The monoisotopic (exact) mass is 470 g/mol. The molecule has 8 nitrogen and oxygen atoms in total. The molecular weight excluding hydrogens is 444 g/mol. The van der Waals surface area contributed by atoms with E-state index in [0.717, 1.165) is 17.0 Å². The number of nitrogens with zero attached hydrogens (tertiary/aromatic N) is 2. The molecule has 2 aromatic rings. The first-order valence-corrected chi connectivity index (χ1v) is 11.2. The normalized spacial score (nSPS) is 15.8. The number of carbonyl (C=O) groups excluding carboxylic acids is 2. The van der Waals surface area contributed by atoms with Crippen LogP contribution in [0.15, 0.2) is 52.4 Å². The third kappa shape index (κ3) is 6.07. The number of esters is 1. The molecule has 1 aliphatic rings. The van der Waals surface area contributed by atoms with E-state index < -0.39 is 5.97 Å². The van der Waals surface area contributed by atoms with Crippen molar-refractivity contribution < 1.29 is 28.5 Å². The largest absolute Gasteiger partial charge is 0.497 e. The summed E-state index contributed by atoms with van der Waals surface area (Å²) in [4.78, 5) is 31.2. The summed E-state index contributed by atoms with van der Waals surface area (Å²) >= 11 is 1.31. The molecule has 0 spiro atoms. The number of thioether (sulfide) groups is 1. The third-order valence-electron chi connectivity index (χ3n) is 4.64. The van der Waals surface area contributed by atoms with Gasteiger partial charge in [0.2, 0.25) is 0 Å². The maximum absolute atomic E-state index is 13.0. The molecule has 0 N–H and O–H groups in total. The number of methoxy groups -OCH3 is 2. The maximum Gasteiger partial charge on any atom is 0.343 e. The summed E-state index contributed by atoms with van der Waals surface area (Å²) in [5, 5.41) is 0.613. The lowest BCUT2D eigenvalue weighted by molar-refractivity contribution is -0.142. The van der Waals surface area contributed by atoms with Gasteiger partial charge < -0.3 is 18.9 Å². The maximum atomic E-state index is 13.0. The average molecular weight is 471 g/mol.